The second kappa shape index (κ2) is 8.16. The number of aromatic nitrogens is 2. The summed E-state index contributed by atoms with van der Waals surface area (Å²) in [4.78, 5) is 35.0. The average molecular weight is 384 g/mol. The summed E-state index contributed by atoms with van der Waals surface area (Å²) in [6, 6.07) is 0. The predicted octanol–water partition coefficient (Wildman–Crippen LogP) is 0.635. The average Bonchev–Trinajstić information content (AvgIpc) is 3.48. The first-order valence-electron chi connectivity index (χ1n) is 10.1. The van der Waals surface area contributed by atoms with E-state index in [9.17, 15) is 9.59 Å². The summed E-state index contributed by atoms with van der Waals surface area (Å²) in [6.45, 7) is 2.86. The van der Waals surface area contributed by atoms with Gasteiger partial charge in [-0.2, -0.15) is 0 Å². The van der Waals surface area contributed by atoms with E-state index < -0.39 is 0 Å². The maximum Gasteiger partial charge on any atom is 0.233 e. The predicted molar refractivity (Wildman–Crippen MR) is 105 cm³/mol. The van der Waals surface area contributed by atoms with E-state index in [0.717, 1.165) is 38.3 Å². The van der Waals surface area contributed by atoms with Crippen LogP contribution in [0.1, 0.15) is 19.3 Å². The van der Waals surface area contributed by atoms with Crippen molar-refractivity contribution in [3.8, 4) is 0 Å². The lowest BCUT2D eigenvalue weighted by Gasteiger charge is -2.18. The van der Waals surface area contributed by atoms with Crippen LogP contribution in [0, 0.1) is 23.7 Å². The van der Waals surface area contributed by atoms with Crippen LogP contribution in [0.4, 0.5) is 0 Å². The minimum atomic E-state index is -0.0969. The lowest BCUT2D eigenvalue weighted by molar-refractivity contribution is -0.140. The van der Waals surface area contributed by atoms with Crippen LogP contribution in [0.5, 0.6) is 0 Å². The van der Waals surface area contributed by atoms with E-state index in [4.69, 9.17) is 0 Å². The van der Waals surface area contributed by atoms with Gasteiger partial charge in [0.2, 0.25) is 11.8 Å². The van der Waals surface area contributed by atoms with Crippen molar-refractivity contribution in [2.45, 2.75) is 25.8 Å². The van der Waals surface area contributed by atoms with Crippen LogP contribution in [0.3, 0.4) is 0 Å². The van der Waals surface area contributed by atoms with Gasteiger partial charge in [-0.15, -0.1) is 0 Å². The van der Waals surface area contributed by atoms with Gasteiger partial charge in [0, 0.05) is 45.6 Å². The first-order valence-corrected chi connectivity index (χ1v) is 10.1. The molecule has 1 aromatic heterocycles. The van der Waals surface area contributed by atoms with Crippen molar-refractivity contribution in [1.82, 2.24) is 25.1 Å². The Bertz CT molecular complexity index is 742. The summed E-state index contributed by atoms with van der Waals surface area (Å²) in [6.07, 6.45) is 12.5. The number of aryl methyl sites for hydroxylation is 1. The summed E-state index contributed by atoms with van der Waals surface area (Å²) in [5.74, 6) is 1.17. The Morgan fingerprint density at radius 2 is 1.75 bits per heavy atom. The summed E-state index contributed by atoms with van der Waals surface area (Å²) in [5, 5.41) is 6.53. The fourth-order valence-corrected chi connectivity index (χ4v) is 4.74. The molecule has 2 fully saturated rings. The molecule has 3 aliphatic rings. The Morgan fingerprint density at radius 1 is 1.11 bits per heavy atom. The number of imide groups is 1. The molecule has 28 heavy (non-hydrogen) atoms. The van der Waals surface area contributed by atoms with Crippen molar-refractivity contribution in [2.75, 3.05) is 26.7 Å². The first-order chi connectivity index (χ1) is 13.7. The van der Waals surface area contributed by atoms with Gasteiger partial charge in [-0.05, 0) is 31.1 Å². The van der Waals surface area contributed by atoms with Gasteiger partial charge < -0.3 is 15.2 Å². The number of nitrogens with one attached hydrogen (secondary N) is 2. The maximum absolute atomic E-state index is 12.7. The van der Waals surface area contributed by atoms with Crippen LogP contribution in [0.25, 0.3) is 0 Å². The van der Waals surface area contributed by atoms with Crippen LogP contribution >= 0.6 is 0 Å². The number of rotatable bonds is 8. The fraction of sp³-hybridized carbons (Fsp3) is 0.600. The Morgan fingerprint density at radius 3 is 2.32 bits per heavy atom. The molecule has 2 aliphatic carbocycles. The summed E-state index contributed by atoms with van der Waals surface area (Å²) in [5.41, 5.74) is 0. The molecule has 2 N–H and O–H groups in total. The molecule has 4 unspecified atom stereocenters. The lowest BCUT2D eigenvalue weighted by atomic mass is 9.85. The van der Waals surface area contributed by atoms with E-state index in [1.807, 2.05) is 17.1 Å². The van der Waals surface area contributed by atoms with Crippen molar-refractivity contribution in [3.63, 3.8) is 0 Å². The third kappa shape index (κ3) is 3.55. The van der Waals surface area contributed by atoms with Crippen LogP contribution in [0.15, 0.2) is 35.9 Å². The van der Waals surface area contributed by atoms with Crippen LogP contribution in [0.2, 0.25) is 0 Å². The second-order valence-electron chi connectivity index (χ2n) is 7.76. The lowest BCUT2D eigenvalue weighted by Crippen LogP contribution is -2.40. The number of likely N-dealkylation sites (tertiary alicyclic amines) is 1. The third-order valence-corrected chi connectivity index (χ3v) is 6.08. The molecule has 0 radical (unpaired) electrons. The Kier molecular flexibility index (Phi) is 5.45. The highest BCUT2D eigenvalue weighted by molar-refractivity contribution is 6.06. The van der Waals surface area contributed by atoms with E-state index in [1.165, 1.54) is 4.90 Å². The molecule has 2 bridgehead atoms. The summed E-state index contributed by atoms with van der Waals surface area (Å²) in [7, 11) is 1.74. The molecule has 1 saturated heterocycles. The molecule has 4 atom stereocenters. The summed E-state index contributed by atoms with van der Waals surface area (Å²) < 4.78 is 2.04. The minimum absolute atomic E-state index is 0.0360. The number of fused-ring (bicyclic) bond motifs is 5. The molecule has 2 heterocycles. The molecular formula is C20H28N6O2. The van der Waals surface area contributed by atoms with E-state index >= 15 is 0 Å². The highest BCUT2D eigenvalue weighted by Crippen LogP contribution is 2.52. The van der Waals surface area contributed by atoms with Gasteiger partial charge in [0.25, 0.3) is 0 Å². The molecular weight excluding hydrogens is 356 g/mol. The van der Waals surface area contributed by atoms with Gasteiger partial charge in [-0.25, -0.2) is 4.98 Å². The van der Waals surface area contributed by atoms with Gasteiger partial charge in [0.15, 0.2) is 5.96 Å². The normalized spacial score (nSPS) is 28.3. The number of allylic oxidation sites excluding steroid dienone is 2. The SMILES string of the molecule is CN=C(NCCCN1C(=O)C2C3C=CC(C3)C2C1=O)NCCCn1ccnc1. The largest absolute Gasteiger partial charge is 0.356 e. The van der Waals surface area contributed by atoms with E-state index in [0.29, 0.717) is 13.1 Å². The zero-order valence-electron chi connectivity index (χ0n) is 16.3. The Hall–Kier alpha value is -2.64. The summed E-state index contributed by atoms with van der Waals surface area (Å²) >= 11 is 0. The third-order valence-electron chi connectivity index (χ3n) is 6.08. The smallest absolute Gasteiger partial charge is 0.233 e. The molecule has 8 heteroatoms. The van der Waals surface area contributed by atoms with Gasteiger partial charge in [0.1, 0.15) is 0 Å². The van der Waals surface area contributed by atoms with Crippen LogP contribution in [-0.4, -0.2) is 58.9 Å². The molecule has 0 aromatic carbocycles. The minimum Gasteiger partial charge on any atom is -0.356 e. The van der Waals surface area contributed by atoms with Gasteiger partial charge in [-0.1, -0.05) is 12.2 Å². The molecule has 150 valence electrons. The van der Waals surface area contributed by atoms with Crippen molar-refractivity contribution >= 4 is 17.8 Å². The number of nitrogens with zero attached hydrogens (tertiary/aromatic N) is 4. The molecule has 8 nitrogen and oxygen atoms in total. The number of carbonyl (C=O) groups is 2. The number of hydrogen-bond acceptors (Lipinski definition) is 4. The second-order valence-corrected chi connectivity index (χ2v) is 7.76. The van der Waals surface area contributed by atoms with Gasteiger partial charge in [0.05, 0.1) is 18.2 Å². The van der Waals surface area contributed by atoms with E-state index in [-0.39, 0.29) is 35.5 Å². The number of hydrogen-bond donors (Lipinski definition) is 2. The monoisotopic (exact) mass is 384 g/mol. The number of guanidine groups is 1. The van der Waals surface area contributed by atoms with Crippen LogP contribution < -0.4 is 10.6 Å². The quantitative estimate of drug-likeness (QED) is 0.226. The van der Waals surface area contributed by atoms with Crippen molar-refractivity contribution in [3.05, 3.63) is 30.9 Å². The molecule has 1 saturated carbocycles. The van der Waals surface area contributed by atoms with Gasteiger partial charge >= 0.3 is 0 Å². The van der Waals surface area contributed by atoms with Crippen molar-refractivity contribution in [2.24, 2.45) is 28.7 Å². The number of carbonyl (C=O) groups excluding carboxylic acids is 2. The fourth-order valence-electron chi connectivity index (χ4n) is 4.74. The molecule has 4 rings (SSSR count). The van der Waals surface area contributed by atoms with Gasteiger partial charge in [-0.3, -0.25) is 19.5 Å². The molecule has 2 amide bonds. The molecule has 1 aromatic rings. The standard InChI is InChI=1S/C20H28N6O2/c1-21-20(23-6-2-9-25-11-8-22-13-25)24-7-3-10-26-18(27)16-14-4-5-15(12-14)17(16)19(26)28/h4-5,8,11,13-17H,2-3,6-7,9-10,12H2,1H3,(H2,21,23,24). The zero-order valence-corrected chi connectivity index (χ0v) is 16.3. The topological polar surface area (TPSA) is 91.6 Å². The Labute approximate surface area is 165 Å². The first kappa shape index (κ1) is 18.7. The zero-order chi connectivity index (χ0) is 19.5. The molecule has 1 aliphatic heterocycles. The molecule has 0 spiro atoms. The maximum atomic E-state index is 12.7. The van der Waals surface area contributed by atoms with Crippen LogP contribution in [-0.2, 0) is 16.1 Å². The van der Waals surface area contributed by atoms with Crippen molar-refractivity contribution < 1.29 is 9.59 Å². The van der Waals surface area contributed by atoms with E-state index in [2.05, 4.69) is 32.8 Å². The highest BCUT2D eigenvalue weighted by atomic mass is 16.2. The Balaban J connectivity index is 1.15. The van der Waals surface area contributed by atoms with Crippen molar-refractivity contribution in [1.29, 1.82) is 0 Å². The van der Waals surface area contributed by atoms with E-state index in [1.54, 1.807) is 13.2 Å². The number of imidazole rings is 1. The highest BCUT2D eigenvalue weighted by Gasteiger charge is 2.58. The number of aliphatic imine (C=N–C) groups is 1. The number of amides is 2.